The summed E-state index contributed by atoms with van der Waals surface area (Å²) in [5.41, 5.74) is 3.45. The lowest BCUT2D eigenvalue weighted by molar-refractivity contribution is -0.121. The highest BCUT2D eigenvalue weighted by atomic mass is 35.5. The number of nitrogens with zero attached hydrogens (tertiary/aromatic N) is 2. The number of phenolic OH excluding ortho intramolecular Hbond substituents is 1. The highest BCUT2D eigenvalue weighted by Gasteiger charge is 2.06. The first-order chi connectivity index (χ1) is 13.1. The Bertz CT molecular complexity index is 811. The number of anilines is 1. The molecule has 1 aromatic heterocycles. The standard InChI is InChI=1S/C19H21ClN4O3/c20-19-14(7-6-12-21-19)13-22-24-18(27)11-3-1-2-10-17(26)23-15-8-4-5-9-16(15)25/h4-9,12-13,25H,1-3,10-11H2,(H,23,26)(H,24,27)/b22-13-. The predicted molar refractivity (Wildman–Crippen MR) is 105 cm³/mol. The largest absolute Gasteiger partial charge is 0.506 e. The first-order valence-corrected chi connectivity index (χ1v) is 8.94. The van der Waals surface area contributed by atoms with Crippen LogP contribution in [0.15, 0.2) is 47.7 Å². The molecule has 142 valence electrons. The summed E-state index contributed by atoms with van der Waals surface area (Å²) in [5, 5.41) is 16.4. The number of unbranched alkanes of at least 4 members (excludes halogenated alkanes) is 2. The third-order valence-corrected chi connectivity index (χ3v) is 3.98. The Labute approximate surface area is 162 Å². The maximum absolute atomic E-state index is 11.8. The lowest BCUT2D eigenvalue weighted by atomic mass is 10.1. The molecule has 0 spiro atoms. The molecule has 0 bridgehead atoms. The van der Waals surface area contributed by atoms with Gasteiger partial charge in [-0.1, -0.05) is 30.2 Å². The van der Waals surface area contributed by atoms with Gasteiger partial charge >= 0.3 is 0 Å². The molecule has 0 fully saturated rings. The number of nitrogens with one attached hydrogen (secondary N) is 2. The minimum Gasteiger partial charge on any atom is -0.506 e. The number of hydrazone groups is 1. The summed E-state index contributed by atoms with van der Waals surface area (Å²) in [6, 6.07) is 10.0. The van der Waals surface area contributed by atoms with Crippen LogP contribution in [0.3, 0.4) is 0 Å². The molecule has 3 N–H and O–H groups in total. The van der Waals surface area contributed by atoms with E-state index in [2.05, 4.69) is 20.8 Å². The fraction of sp³-hybridized carbons (Fsp3) is 0.263. The molecule has 0 aliphatic rings. The predicted octanol–water partition coefficient (Wildman–Crippen LogP) is 3.48. The lowest BCUT2D eigenvalue weighted by Gasteiger charge is -2.06. The number of phenols is 1. The number of carbonyl (C=O) groups excluding carboxylic acids is 2. The summed E-state index contributed by atoms with van der Waals surface area (Å²) in [7, 11) is 0. The van der Waals surface area contributed by atoms with Crippen molar-refractivity contribution in [1.29, 1.82) is 0 Å². The molecule has 0 saturated carbocycles. The number of aromatic hydroxyl groups is 1. The number of carbonyl (C=O) groups is 2. The van der Waals surface area contributed by atoms with Crippen LogP contribution in [-0.2, 0) is 9.59 Å². The molecule has 1 heterocycles. The second-order valence-electron chi connectivity index (χ2n) is 5.80. The third kappa shape index (κ3) is 7.45. The minimum absolute atomic E-state index is 0.0376. The summed E-state index contributed by atoms with van der Waals surface area (Å²) in [4.78, 5) is 27.4. The van der Waals surface area contributed by atoms with Crippen LogP contribution in [0, 0.1) is 0 Å². The Kier molecular flexibility index (Phi) is 8.25. The van der Waals surface area contributed by atoms with Gasteiger partial charge in [0.1, 0.15) is 10.9 Å². The van der Waals surface area contributed by atoms with Gasteiger partial charge in [0.15, 0.2) is 0 Å². The zero-order valence-electron chi connectivity index (χ0n) is 14.7. The molecule has 7 nitrogen and oxygen atoms in total. The highest BCUT2D eigenvalue weighted by Crippen LogP contribution is 2.21. The quantitative estimate of drug-likeness (QED) is 0.201. The van der Waals surface area contributed by atoms with Crippen LogP contribution in [-0.4, -0.2) is 28.1 Å². The number of benzene rings is 1. The number of rotatable bonds is 9. The van der Waals surface area contributed by atoms with Crippen molar-refractivity contribution in [2.75, 3.05) is 5.32 Å². The van der Waals surface area contributed by atoms with Crippen molar-refractivity contribution in [3.8, 4) is 5.75 Å². The second kappa shape index (κ2) is 10.9. The Balaban J connectivity index is 1.58. The number of pyridine rings is 1. The molecule has 0 atom stereocenters. The number of halogens is 1. The average Bonchev–Trinajstić information content (AvgIpc) is 2.65. The maximum atomic E-state index is 11.8. The van der Waals surface area contributed by atoms with Crippen LogP contribution < -0.4 is 10.7 Å². The molecule has 0 aliphatic heterocycles. The molecule has 0 saturated heterocycles. The normalized spacial score (nSPS) is 10.7. The van der Waals surface area contributed by atoms with Crippen molar-refractivity contribution in [2.24, 2.45) is 5.10 Å². The van der Waals surface area contributed by atoms with Crippen LogP contribution in [0.4, 0.5) is 5.69 Å². The number of hydrogen-bond acceptors (Lipinski definition) is 5. The van der Waals surface area contributed by atoms with E-state index < -0.39 is 0 Å². The van der Waals surface area contributed by atoms with Crippen LogP contribution in [0.5, 0.6) is 5.75 Å². The molecule has 2 amide bonds. The summed E-state index contributed by atoms with van der Waals surface area (Å²) < 4.78 is 0. The number of aromatic nitrogens is 1. The molecule has 27 heavy (non-hydrogen) atoms. The van der Waals surface area contributed by atoms with Crippen LogP contribution in [0.1, 0.15) is 37.7 Å². The summed E-state index contributed by atoms with van der Waals surface area (Å²) >= 11 is 5.88. The first kappa shape index (κ1) is 20.4. The molecular formula is C19H21ClN4O3. The smallest absolute Gasteiger partial charge is 0.240 e. The topological polar surface area (TPSA) is 104 Å². The number of para-hydroxylation sites is 2. The third-order valence-electron chi connectivity index (χ3n) is 3.67. The van der Waals surface area contributed by atoms with Crippen molar-refractivity contribution in [3.05, 3.63) is 53.3 Å². The molecule has 8 heteroatoms. The molecule has 0 radical (unpaired) electrons. The van der Waals surface area contributed by atoms with Gasteiger partial charge in [0.2, 0.25) is 11.8 Å². The molecule has 2 rings (SSSR count). The van der Waals surface area contributed by atoms with Gasteiger partial charge in [0, 0.05) is 24.6 Å². The highest BCUT2D eigenvalue weighted by molar-refractivity contribution is 6.31. The van der Waals surface area contributed by atoms with Crippen LogP contribution in [0.2, 0.25) is 5.15 Å². The van der Waals surface area contributed by atoms with Crippen molar-refractivity contribution >= 4 is 35.3 Å². The zero-order chi connectivity index (χ0) is 19.5. The van der Waals surface area contributed by atoms with E-state index in [1.54, 1.807) is 36.5 Å². The van der Waals surface area contributed by atoms with Gasteiger partial charge in [0.05, 0.1) is 11.9 Å². The zero-order valence-corrected chi connectivity index (χ0v) is 15.4. The minimum atomic E-state index is -0.204. The lowest BCUT2D eigenvalue weighted by Crippen LogP contribution is -2.17. The van der Waals surface area contributed by atoms with Gasteiger partial charge < -0.3 is 10.4 Å². The van der Waals surface area contributed by atoms with Gasteiger partial charge in [0.25, 0.3) is 0 Å². The van der Waals surface area contributed by atoms with Gasteiger partial charge in [-0.15, -0.1) is 0 Å². The van der Waals surface area contributed by atoms with Crippen LogP contribution >= 0.6 is 11.6 Å². The van der Waals surface area contributed by atoms with Crippen molar-refractivity contribution < 1.29 is 14.7 Å². The Morgan fingerprint density at radius 1 is 1.07 bits per heavy atom. The SMILES string of the molecule is O=C(CCCCCC(=O)Nc1ccccc1O)N/N=C\c1cccnc1Cl. The van der Waals surface area contributed by atoms with E-state index in [1.807, 2.05) is 0 Å². The molecular weight excluding hydrogens is 368 g/mol. The van der Waals surface area contributed by atoms with E-state index in [0.29, 0.717) is 42.1 Å². The summed E-state index contributed by atoms with van der Waals surface area (Å²) in [5.74, 6) is -0.334. The fourth-order valence-electron chi connectivity index (χ4n) is 2.26. The van der Waals surface area contributed by atoms with E-state index in [0.717, 1.165) is 6.42 Å². The Morgan fingerprint density at radius 2 is 1.81 bits per heavy atom. The first-order valence-electron chi connectivity index (χ1n) is 8.56. The summed E-state index contributed by atoms with van der Waals surface area (Å²) in [6.45, 7) is 0. The Morgan fingerprint density at radius 3 is 2.56 bits per heavy atom. The second-order valence-corrected chi connectivity index (χ2v) is 6.16. The van der Waals surface area contributed by atoms with Crippen LogP contribution in [0.25, 0.3) is 0 Å². The molecule has 0 unspecified atom stereocenters. The van der Waals surface area contributed by atoms with Gasteiger partial charge in [-0.3, -0.25) is 9.59 Å². The van der Waals surface area contributed by atoms with E-state index in [-0.39, 0.29) is 17.6 Å². The van der Waals surface area contributed by atoms with E-state index in [1.165, 1.54) is 12.3 Å². The fourth-order valence-corrected chi connectivity index (χ4v) is 2.43. The van der Waals surface area contributed by atoms with E-state index in [9.17, 15) is 14.7 Å². The van der Waals surface area contributed by atoms with Crippen molar-refractivity contribution in [2.45, 2.75) is 32.1 Å². The molecule has 2 aromatic rings. The molecule has 0 aliphatic carbocycles. The average molecular weight is 389 g/mol. The van der Waals surface area contributed by atoms with Crippen molar-refractivity contribution in [1.82, 2.24) is 10.4 Å². The number of amides is 2. The van der Waals surface area contributed by atoms with E-state index in [4.69, 9.17) is 11.6 Å². The van der Waals surface area contributed by atoms with E-state index >= 15 is 0 Å². The van der Waals surface area contributed by atoms with Gasteiger partial charge in [-0.25, -0.2) is 10.4 Å². The van der Waals surface area contributed by atoms with Gasteiger partial charge in [-0.05, 0) is 37.1 Å². The summed E-state index contributed by atoms with van der Waals surface area (Å²) in [6.07, 6.45) is 5.70. The maximum Gasteiger partial charge on any atom is 0.240 e. The van der Waals surface area contributed by atoms with Crippen molar-refractivity contribution in [3.63, 3.8) is 0 Å². The number of hydrogen-bond donors (Lipinski definition) is 3. The molecule has 1 aromatic carbocycles. The Hall–Kier alpha value is -2.93. The monoisotopic (exact) mass is 388 g/mol. The van der Waals surface area contributed by atoms with Gasteiger partial charge in [-0.2, -0.15) is 5.10 Å².